The molecule has 0 N–H and O–H groups in total. The van der Waals surface area contributed by atoms with Crippen LogP contribution in [-0.4, -0.2) is 21.0 Å². The van der Waals surface area contributed by atoms with Gasteiger partial charge in [-0.2, -0.15) is 0 Å². The lowest BCUT2D eigenvalue weighted by atomic mass is 10.2. The molecule has 0 aliphatic heterocycles. The van der Waals surface area contributed by atoms with Gasteiger partial charge in [-0.1, -0.05) is 20.8 Å². The van der Waals surface area contributed by atoms with Crippen LogP contribution in [0.15, 0.2) is 15.9 Å². The molecule has 0 aliphatic carbocycles. The van der Waals surface area contributed by atoms with Gasteiger partial charge in [-0.3, -0.25) is 9.00 Å². The van der Waals surface area contributed by atoms with Crippen LogP contribution < -0.4 is 0 Å². The third kappa shape index (κ3) is 3.79. The second-order valence-electron chi connectivity index (χ2n) is 4.00. The Morgan fingerprint density at radius 1 is 1.44 bits per heavy atom. The molecule has 1 aromatic rings. The zero-order chi connectivity index (χ0) is 12.3. The molecule has 0 saturated heterocycles. The highest BCUT2D eigenvalue weighted by Crippen LogP contribution is 2.23. The minimum absolute atomic E-state index is 0.0264. The zero-order valence-electron chi connectivity index (χ0n) is 9.53. The highest BCUT2D eigenvalue weighted by Gasteiger charge is 2.19. The van der Waals surface area contributed by atoms with Gasteiger partial charge in [0, 0.05) is 16.0 Å². The van der Waals surface area contributed by atoms with Crippen LogP contribution in [-0.2, 0) is 10.8 Å². The first-order valence-corrected chi connectivity index (χ1v) is 8.06. The van der Waals surface area contributed by atoms with Gasteiger partial charge in [0.15, 0.2) is 5.78 Å². The molecule has 1 heterocycles. The van der Waals surface area contributed by atoms with Crippen LogP contribution in [0.2, 0.25) is 0 Å². The van der Waals surface area contributed by atoms with E-state index in [2.05, 4.69) is 15.9 Å². The lowest BCUT2D eigenvalue weighted by Crippen LogP contribution is -2.23. The summed E-state index contributed by atoms with van der Waals surface area (Å²) in [6.45, 7) is 5.97. The molecule has 0 fully saturated rings. The van der Waals surface area contributed by atoms with Gasteiger partial charge in [-0.15, -0.1) is 11.3 Å². The van der Waals surface area contributed by atoms with Gasteiger partial charge < -0.3 is 0 Å². The maximum absolute atomic E-state index is 11.9. The van der Waals surface area contributed by atoms with E-state index in [0.29, 0.717) is 10.8 Å². The molecule has 0 aliphatic rings. The Hall–Kier alpha value is -0.0000000000000000833. The standard InChI is InChI=1S/C11H15BrO2S2/c1-7(2)8(3)16(14)6-9(13)10-4-5-11(12)15-10/h4-5,7-8H,6H2,1-3H3. The third-order valence-corrected chi connectivity index (χ3v) is 6.06. The van der Waals surface area contributed by atoms with Crippen LogP contribution >= 0.6 is 27.3 Å². The van der Waals surface area contributed by atoms with E-state index in [1.165, 1.54) is 11.3 Å². The van der Waals surface area contributed by atoms with Crippen molar-refractivity contribution in [3.8, 4) is 0 Å². The van der Waals surface area contributed by atoms with Gasteiger partial charge in [-0.05, 0) is 34.0 Å². The van der Waals surface area contributed by atoms with Crippen LogP contribution in [0, 0.1) is 5.92 Å². The molecule has 0 radical (unpaired) electrons. The molecule has 90 valence electrons. The number of ketones is 1. The zero-order valence-corrected chi connectivity index (χ0v) is 12.7. The first kappa shape index (κ1) is 14.1. The highest BCUT2D eigenvalue weighted by molar-refractivity contribution is 9.11. The first-order valence-electron chi connectivity index (χ1n) is 5.07. The van der Waals surface area contributed by atoms with Crippen molar-refractivity contribution in [3.63, 3.8) is 0 Å². The van der Waals surface area contributed by atoms with Gasteiger partial charge in [0.05, 0.1) is 14.4 Å². The lowest BCUT2D eigenvalue weighted by Gasteiger charge is -2.13. The SMILES string of the molecule is CC(C)C(C)S(=O)CC(=O)c1ccc(Br)s1. The largest absolute Gasteiger partial charge is 0.292 e. The summed E-state index contributed by atoms with van der Waals surface area (Å²) in [6.07, 6.45) is 0. The Morgan fingerprint density at radius 2 is 2.06 bits per heavy atom. The molecule has 0 aromatic carbocycles. The van der Waals surface area contributed by atoms with Gasteiger partial charge in [0.25, 0.3) is 0 Å². The molecule has 1 aromatic heterocycles. The summed E-state index contributed by atoms with van der Waals surface area (Å²) in [5.74, 6) is 0.442. The van der Waals surface area contributed by atoms with Crippen molar-refractivity contribution in [3.05, 3.63) is 20.8 Å². The fraction of sp³-hybridized carbons (Fsp3) is 0.545. The van der Waals surface area contributed by atoms with E-state index in [-0.39, 0.29) is 16.8 Å². The Balaban J connectivity index is 2.62. The highest BCUT2D eigenvalue weighted by atomic mass is 79.9. The van der Waals surface area contributed by atoms with Crippen molar-refractivity contribution in [1.29, 1.82) is 0 Å². The molecule has 0 spiro atoms. The molecule has 0 bridgehead atoms. The minimum Gasteiger partial charge on any atom is -0.292 e. The quantitative estimate of drug-likeness (QED) is 0.778. The Kier molecular flexibility index (Phi) is 5.34. The number of thiophene rings is 1. The van der Waals surface area contributed by atoms with Crippen LogP contribution in [0.4, 0.5) is 0 Å². The third-order valence-electron chi connectivity index (χ3n) is 2.47. The van der Waals surface area contributed by atoms with Crippen molar-refractivity contribution in [2.75, 3.05) is 5.75 Å². The molecule has 2 nitrogen and oxygen atoms in total. The molecule has 1 rings (SSSR count). The summed E-state index contributed by atoms with van der Waals surface area (Å²) in [4.78, 5) is 12.5. The monoisotopic (exact) mass is 322 g/mol. The summed E-state index contributed by atoms with van der Waals surface area (Å²) in [5.41, 5.74) is 0. The Labute approximate surface area is 111 Å². The van der Waals surface area contributed by atoms with E-state index < -0.39 is 10.8 Å². The van der Waals surface area contributed by atoms with Gasteiger partial charge in [0.1, 0.15) is 0 Å². The molecule has 16 heavy (non-hydrogen) atoms. The van der Waals surface area contributed by atoms with Crippen molar-refractivity contribution in [1.82, 2.24) is 0 Å². The van der Waals surface area contributed by atoms with Crippen molar-refractivity contribution < 1.29 is 9.00 Å². The topological polar surface area (TPSA) is 34.1 Å². The minimum atomic E-state index is -1.07. The van der Waals surface area contributed by atoms with Gasteiger partial charge >= 0.3 is 0 Å². The number of halogens is 1. The number of hydrogen-bond acceptors (Lipinski definition) is 3. The predicted molar refractivity (Wildman–Crippen MR) is 73.7 cm³/mol. The number of rotatable bonds is 5. The second kappa shape index (κ2) is 6.07. The molecule has 0 saturated carbocycles. The van der Waals surface area contributed by atoms with Crippen LogP contribution in [0.3, 0.4) is 0 Å². The van der Waals surface area contributed by atoms with E-state index >= 15 is 0 Å². The van der Waals surface area contributed by atoms with E-state index in [9.17, 15) is 9.00 Å². The fourth-order valence-corrected chi connectivity index (χ4v) is 3.80. The van der Waals surface area contributed by atoms with Gasteiger partial charge in [0.2, 0.25) is 0 Å². The average molecular weight is 323 g/mol. The summed E-state index contributed by atoms with van der Waals surface area (Å²) < 4.78 is 12.8. The van der Waals surface area contributed by atoms with Crippen LogP contribution in [0.5, 0.6) is 0 Å². The Bertz CT molecular complexity index is 398. The van der Waals surface area contributed by atoms with Crippen molar-refractivity contribution in [2.24, 2.45) is 5.92 Å². The fourth-order valence-electron chi connectivity index (χ4n) is 1.10. The van der Waals surface area contributed by atoms with E-state index in [1.54, 1.807) is 6.07 Å². The maximum Gasteiger partial charge on any atom is 0.185 e. The van der Waals surface area contributed by atoms with E-state index in [1.807, 2.05) is 26.8 Å². The van der Waals surface area contributed by atoms with Gasteiger partial charge in [-0.25, -0.2) is 0 Å². The number of hydrogen-bond donors (Lipinski definition) is 0. The van der Waals surface area contributed by atoms with Crippen LogP contribution in [0.25, 0.3) is 0 Å². The van der Waals surface area contributed by atoms with Crippen LogP contribution in [0.1, 0.15) is 30.4 Å². The van der Waals surface area contributed by atoms with E-state index in [0.717, 1.165) is 3.79 Å². The second-order valence-corrected chi connectivity index (χ2v) is 8.26. The van der Waals surface area contributed by atoms with Crippen molar-refractivity contribution in [2.45, 2.75) is 26.0 Å². The normalized spacial score (nSPS) is 15.1. The Morgan fingerprint density at radius 3 is 2.50 bits per heavy atom. The molecule has 2 unspecified atom stereocenters. The number of carbonyl (C=O) groups is 1. The maximum atomic E-state index is 11.9. The molecule has 2 atom stereocenters. The summed E-state index contributed by atoms with van der Waals surface area (Å²) in [5, 5.41) is 0.0624. The molecule has 5 heteroatoms. The predicted octanol–water partition coefficient (Wildman–Crippen LogP) is 3.49. The number of carbonyl (C=O) groups excluding carboxylic acids is 1. The molecule has 0 amide bonds. The summed E-state index contributed by atoms with van der Waals surface area (Å²) in [7, 11) is -1.07. The summed E-state index contributed by atoms with van der Waals surface area (Å²) in [6, 6.07) is 3.61. The summed E-state index contributed by atoms with van der Waals surface area (Å²) >= 11 is 4.70. The van der Waals surface area contributed by atoms with Crippen molar-refractivity contribution >= 4 is 43.8 Å². The smallest absolute Gasteiger partial charge is 0.185 e. The first-order chi connectivity index (χ1) is 7.41. The number of Topliss-reactive ketones (excluding diaryl/α,β-unsaturated/α-hetero) is 1. The van der Waals surface area contributed by atoms with E-state index in [4.69, 9.17) is 0 Å². The molecular formula is C11H15BrO2S2. The molecular weight excluding hydrogens is 308 g/mol. The average Bonchev–Trinajstić information content (AvgIpc) is 2.63. The lowest BCUT2D eigenvalue weighted by molar-refractivity contribution is 0.102.